The van der Waals surface area contributed by atoms with E-state index in [1.807, 2.05) is 17.5 Å². The Balaban J connectivity index is 1.36. The van der Waals surface area contributed by atoms with Crippen LogP contribution in [0.25, 0.3) is 10.9 Å². The fourth-order valence-electron chi connectivity index (χ4n) is 2.72. The number of pyridine rings is 1. The molecule has 2 aromatic heterocycles. The minimum absolute atomic E-state index is 0.366. The molecule has 0 radical (unpaired) electrons. The average molecular weight is 404 g/mol. The lowest BCUT2D eigenvalue weighted by molar-refractivity contribution is 0.0847. The number of carbonyl (C=O) groups excluding carboxylic acids is 2. The number of fused-ring (bicyclic) bond motifs is 1. The topological polar surface area (TPSA) is 93.2 Å². The molecule has 0 aliphatic heterocycles. The number of amides is 2. The predicted octanol–water partition coefficient (Wildman–Crippen LogP) is 3.35. The van der Waals surface area contributed by atoms with Gasteiger partial charge < -0.3 is 4.74 Å². The number of hydrazine groups is 1. The first-order valence-corrected chi connectivity index (χ1v) is 9.69. The van der Waals surface area contributed by atoms with Crippen molar-refractivity contribution in [3.8, 4) is 5.75 Å². The van der Waals surface area contributed by atoms with Gasteiger partial charge in [-0.15, -0.1) is 11.3 Å². The summed E-state index contributed by atoms with van der Waals surface area (Å²) in [6.45, 7) is 0.366. The maximum absolute atomic E-state index is 12.5. The smallest absolute Gasteiger partial charge is 0.270 e. The fourth-order valence-corrected chi connectivity index (χ4v) is 3.27. The molecule has 7 nitrogen and oxygen atoms in total. The first-order chi connectivity index (χ1) is 14.2. The quantitative estimate of drug-likeness (QED) is 0.498. The lowest BCUT2D eigenvalue weighted by Gasteiger charge is -2.10. The van der Waals surface area contributed by atoms with E-state index in [0.29, 0.717) is 34.4 Å². The van der Waals surface area contributed by atoms with Crippen molar-refractivity contribution in [3.05, 3.63) is 88.5 Å². The maximum Gasteiger partial charge on any atom is 0.270 e. The highest BCUT2D eigenvalue weighted by Gasteiger charge is 2.12. The molecule has 0 bridgehead atoms. The fraction of sp³-hybridized carbons (Fsp3) is 0.0476. The maximum atomic E-state index is 12.5. The lowest BCUT2D eigenvalue weighted by atomic mass is 10.1. The van der Waals surface area contributed by atoms with Crippen molar-refractivity contribution in [2.75, 3.05) is 0 Å². The first kappa shape index (κ1) is 18.6. The van der Waals surface area contributed by atoms with Gasteiger partial charge >= 0.3 is 0 Å². The van der Waals surface area contributed by atoms with Crippen molar-refractivity contribution >= 4 is 34.1 Å². The van der Waals surface area contributed by atoms with Crippen LogP contribution in [0.1, 0.15) is 26.4 Å². The summed E-state index contributed by atoms with van der Waals surface area (Å²) < 4.78 is 5.62. The molecule has 29 heavy (non-hydrogen) atoms. The zero-order valence-corrected chi connectivity index (χ0v) is 16.0. The van der Waals surface area contributed by atoms with E-state index in [9.17, 15) is 9.59 Å². The summed E-state index contributed by atoms with van der Waals surface area (Å²) >= 11 is 1.51. The van der Waals surface area contributed by atoms with Crippen LogP contribution in [0, 0.1) is 0 Å². The van der Waals surface area contributed by atoms with E-state index in [1.54, 1.807) is 54.2 Å². The molecule has 2 N–H and O–H groups in total. The van der Waals surface area contributed by atoms with Crippen LogP contribution in [-0.2, 0) is 6.61 Å². The predicted molar refractivity (Wildman–Crippen MR) is 110 cm³/mol. The summed E-state index contributed by atoms with van der Waals surface area (Å²) in [6, 6.07) is 15.5. The molecule has 0 aliphatic carbocycles. The van der Waals surface area contributed by atoms with Crippen LogP contribution in [0.5, 0.6) is 5.75 Å². The Morgan fingerprint density at radius 3 is 2.55 bits per heavy atom. The molecule has 2 amide bonds. The summed E-state index contributed by atoms with van der Waals surface area (Å²) in [5, 5.41) is 2.62. The van der Waals surface area contributed by atoms with E-state index in [2.05, 4.69) is 20.8 Å². The molecule has 0 unspecified atom stereocenters. The number of ether oxygens (including phenoxy) is 1. The number of nitrogens with zero attached hydrogens (tertiary/aromatic N) is 2. The molecule has 0 spiro atoms. The highest BCUT2D eigenvalue weighted by Crippen LogP contribution is 2.16. The Morgan fingerprint density at radius 1 is 0.931 bits per heavy atom. The Kier molecular flexibility index (Phi) is 5.44. The van der Waals surface area contributed by atoms with Crippen LogP contribution in [0.4, 0.5) is 0 Å². The van der Waals surface area contributed by atoms with Crippen molar-refractivity contribution in [2.45, 2.75) is 6.61 Å². The molecule has 0 aliphatic rings. The van der Waals surface area contributed by atoms with Crippen LogP contribution in [0.15, 0.2) is 71.7 Å². The van der Waals surface area contributed by atoms with Crippen LogP contribution < -0.4 is 15.6 Å². The molecule has 0 saturated heterocycles. The normalized spacial score (nSPS) is 10.5. The molecule has 0 atom stereocenters. The van der Waals surface area contributed by atoms with Gasteiger partial charge in [0.15, 0.2) is 0 Å². The van der Waals surface area contributed by atoms with Crippen molar-refractivity contribution in [2.24, 2.45) is 0 Å². The van der Waals surface area contributed by atoms with E-state index in [-0.39, 0.29) is 0 Å². The van der Waals surface area contributed by atoms with Crippen LogP contribution in [0.3, 0.4) is 0 Å². The Labute approximate surface area is 170 Å². The number of hydrogen-bond donors (Lipinski definition) is 2. The zero-order valence-electron chi connectivity index (χ0n) is 15.2. The van der Waals surface area contributed by atoms with E-state index in [0.717, 1.165) is 5.69 Å². The molecule has 144 valence electrons. The van der Waals surface area contributed by atoms with Crippen LogP contribution in [-0.4, -0.2) is 21.8 Å². The van der Waals surface area contributed by atoms with E-state index in [1.165, 1.54) is 11.3 Å². The number of thiazole rings is 1. The highest BCUT2D eigenvalue weighted by molar-refractivity contribution is 7.07. The number of nitrogens with one attached hydrogen (secondary N) is 2. The average Bonchev–Trinajstić information content (AvgIpc) is 3.29. The van der Waals surface area contributed by atoms with Gasteiger partial charge in [-0.3, -0.25) is 25.4 Å². The third-order valence-electron chi connectivity index (χ3n) is 4.17. The highest BCUT2D eigenvalue weighted by atomic mass is 32.1. The lowest BCUT2D eigenvalue weighted by Crippen LogP contribution is -2.41. The molecule has 4 rings (SSSR count). The first-order valence-electron chi connectivity index (χ1n) is 8.75. The summed E-state index contributed by atoms with van der Waals surface area (Å²) in [5.41, 5.74) is 9.00. The Bertz CT molecular complexity index is 1140. The second-order valence-corrected chi connectivity index (χ2v) is 6.80. The largest absolute Gasteiger partial charge is 0.487 e. The van der Waals surface area contributed by atoms with Gasteiger partial charge in [0.25, 0.3) is 11.8 Å². The summed E-state index contributed by atoms with van der Waals surface area (Å²) in [6.07, 6.45) is 1.66. The van der Waals surface area contributed by atoms with Gasteiger partial charge in [-0.25, -0.2) is 4.98 Å². The van der Waals surface area contributed by atoms with Gasteiger partial charge in [-0.05, 0) is 42.5 Å². The third kappa shape index (κ3) is 4.39. The van der Waals surface area contributed by atoms with Crippen LogP contribution >= 0.6 is 11.3 Å². The molecule has 2 aromatic carbocycles. The number of aromatic nitrogens is 2. The number of benzene rings is 2. The minimum Gasteiger partial charge on any atom is -0.487 e. The minimum atomic E-state index is -0.428. The van der Waals surface area contributed by atoms with Gasteiger partial charge in [0, 0.05) is 22.5 Å². The Morgan fingerprint density at radius 2 is 1.76 bits per heavy atom. The molecule has 0 saturated carbocycles. The van der Waals surface area contributed by atoms with Gasteiger partial charge in [0.2, 0.25) is 0 Å². The number of hydrogen-bond acceptors (Lipinski definition) is 6. The molecular formula is C21H16N4O3S. The van der Waals surface area contributed by atoms with E-state index >= 15 is 0 Å². The zero-order chi connectivity index (χ0) is 20.1. The number of carbonyl (C=O) groups is 2. The third-order valence-corrected chi connectivity index (χ3v) is 4.80. The van der Waals surface area contributed by atoms with Crippen LogP contribution in [0.2, 0.25) is 0 Å². The second kappa shape index (κ2) is 8.49. The van der Waals surface area contributed by atoms with Gasteiger partial charge in [-0.2, -0.15) is 0 Å². The second-order valence-electron chi connectivity index (χ2n) is 6.08. The Hall–Kier alpha value is -3.78. The van der Waals surface area contributed by atoms with Crippen molar-refractivity contribution in [3.63, 3.8) is 0 Å². The molecule has 0 fully saturated rings. The summed E-state index contributed by atoms with van der Waals surface area (Å²) in [7, 11) is 0. The van der Waals surface area contributed by atoms with Gasteiger partial charge in [-0.1, -0.05) is 12.1 Å². The summed E-state index contributed by atoms with van der Waals surface area (Å²) in [4.78, 5) is 33.2. The molecule has 4 aromatic rings. The van der Waals surface area contributed by atoms with E-state index < -0.39 is 11.8 Å². The standard InChI is InChI=1S/C21H16N4O3S/c26-20(14-6-8-16(9-7-14)28-11-15-12-29-13-23-15)24-25-21(27)18-3-1-5-19-17(18)4-2-10-22-19/h1-10,12-13H,11H2,(H,24,26)(H,25,27). The van der Waals surface area contributed by atoms with E-state index in [4.69, 9.17) is 4.74 Å². The SMILES string of the molecule is O=C(NNC(=O)c1cccc2ncccc12)c1ccc(OCc2cscn2)cc1. The van der Waals surface area contributed by atoms with Crippen molar-refractivity contribution in [1.29, 1.82) is 0 Å². The van der Waals surface area contributed by atoms with Gasteiger partial charge in [0.05, 0.1) is 22.3 Å². The molecule has 8 heteroatoms. The van der Waals surface area contributed by atoms with Crippen molar-refractivity contribution in [1.82, 2.24) is 20.8 Å². The van der Waals surface area contributed by atoms with Gasteiger partial charge in [0.1, 0.15) is 12.4 Å². The molecular weight excluding hydrogens is 388 g/mol. The number of rotatable bonds is 5. The van der Waals surface area contributed by atoms with Crippen molar-refractivity contribution < 1.29 is 14.3 Å². The monoisotopic (exact) mass is 404 g/mol. The molecule has 2 heterocycles. The summed E-state index contributed by atoms with van der Waals surface area (Å²) in [5.74, 6) is -0.218.